The van der Waals surface area contributed by atoms with Gasteiger partial charge in [0.1, 0.15) is 19.3 Å². The molecule has 0 rings (SSSR count). The number of rotatable bonds is 64. The Morgan fingerprint density at radius 2 is 0.541 bits per heavy atom. The SMILES string of the molecule is CCCCCCCCCCCCCCCC(=O)O[C@H](COC(=O)CCCCCCCCCCCC(C)C)COP(=O)(O)OC[C@@H](O)COP(=O)(O)OC[C@@H](COC(=O)CCCCCCCCC(C)C)OC(=O)CCCCCCCCCCC(C)C. The number of aliphatic hydroxyl groups excluding tert-OH is 1. The summed E-state index contributed by atoms with van der Waals surface area (Å²) in [5.74, 6) is 0.00709. The highest BCUT2D eigenvalue weighted by atomic mass is 31.2. The number of phosphoric ester groups is 2. The van der Waals surface area contributed by atoms with Crippen molar-refractivity contribution in [2.45, 2.75) is 343 Å². The molecular formula is C66H128O17P2. The van der Waals surface area contributed by atoms with E-state index in [-0.39, 0.29) is 25.7 Å². The zero-order valence-electron chi connectivity index (χ0n) is 55.1. The molecule has 19 heteroatoms. The van der Waals surface area contributed by atoms with Crippen molar-refractivity contribution in [3.63, 3.8) is 0 Å². The molecule has 3 N–H and O–H groups in total. The van der Waals surface area contributed by atoms with Crippen LogP contribution in [-0.2, 0) is 65.4 Å². The van der Waals surface area contributed by atoms with Crippen molar-refractivity contribution in [1.29, 1.82) is 0 Å². The second kappa shape index (κ2) is 57.2. The van der Waals surface area contributed by atoms with Crippen LogP contribution < -0.4 is 0 Å². The highest BCUT2D eigenvalue weighted by molar-refractivity contribution is 7.47. The minimum absolute atomic E-state index is 0.103. The van der Waals surface area contributed by atoms with Crippen LogP contribution in [0.25, 0.3) is 0 Å². The predicted octanol–water partition coefficient (Wildman–Crippen LogP) is 18.3. The molecule has 0 aliphatic rings. The molecule has 0 spiro atoms. The molecule has 85 heavy (non-hydrogen) atoms. The number of carbonyl (C=O) groups excluding carboxylic acids is 4. The summed E-state index contributed by atoms with van der Waals surface area (Å²) in [7, 11) is -9.89. The van der Waals surface area contributed by atoms with Crippen molar-refractivity contribution in [2.75, 3.05) is 39.6 Å². The number of aliphatic hydroxyl groups is 1. The van der Waals surface area contributed by atoms with Gasteiger partial charge in [-0.2, -0.15) is 0 Å². The lowest BCUT2D eigenvalue weighted by Gasteiger charge is -2.21. The van der Waals surface area contributed by atoms with Crippen LogP contribution in [0.5, 0.6) is 0 Å². The lowest BCUT2D eigenvalue weighted by molar-refractivity contribution is -0.161. The Morgan fingerprint density at radius 3 is 0.800 bits per heavy atom. The quantitative estimate of drug-likeness (QED) is 0.0222. The van der Waals surface area contributed by atoms with Crippen molar-refractivity contribution in [3.8, 4) is 0 Å². The maximum absolute atomic E-state index is 13.0. The number of hydrogen-bond acceptors (Lipinski definition) is 15. The molecule has 504 valence electrons. The monoisotopic (exact) mass is 1250 g/mol. The number of ether oxygens (including phenoxy) is 4. The van der Waals surface area contributed by atoms with Crippen molar-refractivity contribution >= 4 is 39.5 Å². The molecular weight excluding hydrogens is 1130 g/mol. The van der Waals surface area contributed by atoms with E-state index in [1.54, 1.807) is 0 Å². The first-order valence-corrected chi connectivity index (χ1v) is 37.3. The lowest BCUT2D eigenvalue weighted by atomic mass is 10.0. The van der Waals surface area contributed by atoms with Crippen molar-refractivity contribution in [1.82, 2.24) is 0 Å². The topological polar surface area (TPSA) is 237 Å². The van der Waals surface area contributed by atoms with Gasteiger partial charge in [0, 0.05) is 25.7 Å². The van der Waals surface area contributed by atoms with E-state index in [9.17, 15) is 43.2 Å². The Balaban J connectivity index is 5.25. The summed E-state index contributed by atoms with van der Waals surface area (Å²) >= 11 is 0. The third-order valence-electron chi connectivity index (χ3n) is 15.1. The number of carbonyl (C=O) groups is 4. The zero-order chi connectivity index (χ0) is 63.1. The number of hydrogen-bond donors (Lipinski definition) is 3. The van der Waals surface area contributed by atoms with Gasteiger partial charge in [-0.15, -0.1) is 0 Å². The predicted molar refractivity (Wildman–Crippen MR) is 340 cm³/mol. The summed E-state index contributed by atoms with van der Waals surface area (Å²) in [5.41, 5.74) is 0. The molecule has 2 unspecified atom stereocenters. The normalized spacial score (nSPS) is 14.3. The van der Waals surface area contributed by atoms with Gasteiger partial charge in [-0.25, -0.2) is 9.13 Å². The van der Waals surface area contributed by atoms with Crippen LogP contribution in [0.1, 0.15) is 325 Å². The van der Waals surface area contributed by atoms with Crippen molar-refractivity contribution in [3.05, 3.63) is 0 Å². The van der Waals surface area contributed by atoms with Crippen LogP contribution in [-0.4, -0.2) is 96.7 Å². The maximum atomic E-state index is 13.0. The maximum Gasteiger partial charge on any atom is 0.472 e. The summed E-state index contributed by atoms with van der Waals surface area (Å²) in [5, 5.41) is 10.5. The second-order valence-electron chi connectivity index (χ2n) is 25.3. The first kappa shape index (κ1) is 83.1. The van der Waals surface area contributed by atoms with Gasteiger partial charge in [0.2, 0.25) is 0 Å². The van der Waals surface area contributed by atoms with E-state index in [0.717, 1.165) is 108 Å². The van der Waals surface area contributed by atoms with E-state index in [1.807, 2.05) is 0 Å². The average Bonchev–Trinajstić information content (AvgIpc) is 3.51. The molecule has 0 aromatic heterocycles. The van der Waals surface area contributed by atoms with E-state index >= 15 is 0 Å². The summed E-state index contributed by atoms with van der Waals surface area (Å²) in [6.07, 6.45) is 39.1. The number of phosphoric acid groups is 2. The largest absolute Gasteiger partial charge is 0.472 e. The van der Waals surface area contributed by atoms with Crippen LogP contribution >= 0.6 is 15.6 Å². The van der Waals surface area contributed by atoms with Crippen LogP contribution in [0.4, 0.5) is 0 Å². The Morgan fingerprint density at radius 1 is 0.318 bits per heavy atom. The van der Waals surface area contributed by atoms with Crippen LogP contribution in [0.15, 0.2) is 0 Å². The molecule has 17 nitrogen and oxygen atoms in total. The zero-order valence-corrected chi connectivity index (χ0v) is 56.9. The molecule has 0 aliphatic heterocycles. The van der Waals surface area contributed by atoms with E-state index in [2.05, 4.69) is 48.5 Å². The minimum Gasteiger partial charge on any atom is -0.462 e. The first-order chi connectivity index (χ1) is 40.7. The Bertz CT molecular complexity index is 1680. The van der Waals surface area contributed by atoms with Gasteiger partial charge in [0.15, 0.2) is 12.2 Å². The summed E-state index contributed by atoms with van der Waals surface area (Å²) in [4.78, 5) is 72.3. The summed E-state index contributed by atoms with van der Waals surface area (Å²) in [6, 6.07) is 0. The molecule has 0 saturated heterocycles. The third kappa shape index (κ3) is 60.7. The molecule has 0 amide bonds. The second-order valence-corrected chi connectivity index (χ2v) is 28.2. The van der Waals surface area contributed by atoms with Gasteiger partial charge in [-0.3, -0.25) is 37.3 Å². The van der Waals surface area contributed by atoms with Crippen LogP contribution in [0, 0.1) is 17.8 Å². The van der Waals surface area contributed by atoms with Crippen molar-refractivity contribution in [2.24, 2.45) is 17.8 Å². The van der Waals surface area contributed by atoms with Crippen molar-refractivity contribution < 1.29 is 80.2 Å². The van der Waals surface area contributed by atoms with E-state index < -0.39 is 97.5 Å². The Labute approximate surface area is 517 Å². The molecule has 0 saturated carbocycles. The minimum atomic E-state index is -4.95. The molecule has 0 fully saturated rings. The van der Waals surface area contributed by atoms with Gasteiger partial charge in [0.25, 0.3) is 0 Å². The molecule has 0 radical (unpaired) electrons. The molecule has 0 heterocycles. The number of unbranched alkanes of at least 4 members (excludes halogenated alkanes) is 32. The first-order valence-electron chi connectivity index (χ1n) is 34.3. The van der Waals surface area contributed by atoms with Crippen LogP contribution in [0.3, 0.4) is 0 Å². The third-order valence-corrected chi connectivity index (χ3v) is 17.0. The fourth-order valence-electron chi connectivity index (χ4n) is 9.83. The van der Waals surface area contributed by atoms with Gasteiger partial charge in [0.05, 0.1) is 26.4 Å². The standard InChI is InChI=1S/C66H128O17P2/c1-8-9-10-11-12-13-14-15-16-19-26-35-42-49-65(70)82-61(53-76-63(68)47-40-33-25-20-17-18-23-30-37-44-57(2)3)55-80-84(72,73)78-51-60(67)52-79-85(74,75)81-56-62(54-77-64(69)48-41-34-29-28-32-39-46-59(6)7)83-66(71)50-43-36-27-22-21-24-31-38-45-58(4)5/h57-62,67H,8-56H2,1-7H3,(H,72,73)(H,74,75)/t60-,61-,62-/m1/s1. The van der Waals surface area contributed by atoms with Gasteiger partial charge in [-0.1, -0.05) is 273 Å². The lowest BCUT2D eigenvalue weighted by Crippen LogP contribution is -2.30. The molecule has 0 bridgehead atoms. The molecule has 0 aromatic rings. The fraction of sp³-hybridized carbons (Fsp3) is 0.939. The Hall–Kier alpha value is -1.94. The van der Waals surface area contributed by atoms with Gasteiger partial charge in [-0.05, 0) is 43.4 Å². The van der Waals surface area contributed by atoms with Gasteiger partial charge >= 0.3 is 39.5 Å². The smallest absolute Gasteiger partial charge is 0.462 e. The Kier molecular flexibility index (Phi) is 55.9. The highest BCUT2D eigenvalue weighted by Crippen LogP contribution is 2.45. The average molecular weight is 1260 g/mol. The highest BCUT2D eigenvalue weighted by Gasteiger charge is 2.30. The number of esters is 4. The van der Waals surface area contributed by atoms with E-state index in [1.165, 1.54) is 128 Å². The molecule has 0 aromatic carbocycles. The van der Waals surface area contributed by atoms with Crippen LogP contribution in [0.2, 0.25) is 0 Å². The molecule has 5 atom stereocenters. The fourth-order valence-corrected chi connectivity index (χ4v) is 11.4. The molecule has 0 aliphatic carbocycles. The summed E-state index contributed by atoms with van der Waals surface area (Å²) < 4.78 is 68.1. The van der Waals surface area contributed by atoms with E-state index in [0.29, 0.717) is 31.6 Å². The van der Waals surface area contributed by atoms with E-state index in [4.69, 9.17) is 37.0 Å². The van der Waals surface area contributed by atoms with Gasteiger partial charge < -0.3 is 33.8 Å². The summed E-state index contributed by atoms with van der Waals surface area (Å²) in [6.45, 7) is 11.7.